The minimum Gasteiger partial charge on any atom is -0.478 e. The number of rotatable bonds is 5. The van der Waals surface area contributed by atoms with Crippen LogP contribution < -0.4 is 0 Å². The third kappa shape index (κ3) is 5.10. The van der Waals surface area contributed by atoms with Crippen LogP contribution in [0.25, 0.3) is 0 Å². The van der Waals surface area contributed by atoms with Gasteiger partial charge in [-0.3, -0.25) is 0 Å². The Morgan fingerprint density at radius 3 is 2.23 bits per heavy atom. The van der Waals surface area contributed by atoms with E-state index in [4.69, 9.17) is 14.6 Å². The first kappa shape index (κ1) is 17.5. The second-order valence-corrected chi connectivity index (χ2v) is 4.97. The number of aromatic carboxylic acids is 2. The zero-order chi connectivity index (χ0) is 16.7. The average molecular weight is 310 g/mol. The maximum absolute atomic E-state index is 10.7. The zero-order valence-electron chi connectivity index (χ0n) is 12.2. The molecule has 2 heterocycles. The molecule has 0 aliphatic carbocycles. The molecule has 0 aliphatic rings. The van der Waals surface area contributed by atoms with Gasteiger partial charge in [-0.25, -0.2) is 9.59 Å². The summed E-state index contributed by atoms with van der Waals surface area (Å²) in [6, 6.07) is 2.74. The highest BCUT2D eigenvalue weighted by molar-refractivity contribution is 5.88. The van der Waals surface area contributed by atoms with Crippen molar-refractivity contribution in [2.75, 3.05) is 0 Å². The highest BCUT2D eigenvalue weighted by Crippen LogP contribution is 2.25. The van der Waals surface area contributed by atoms with Crippen LogP contribution in [-0.4, -0.2) is 27.3 Å². The lowest BCUT2D eigenvalue weighted by atomic mass is 10.0. The highest BCUT2D eigenvalue weighted by Gasteiger charge is 2.21. The topological polar surface area (TPSA) is 121 Å². The largest absolute Gasteiger partial charge is 0.478 e. The van der Waals surface area contributed by atoms with Gasteiger partial charge < -0.3 is 24.2 Å². The smallest absolute Gasteiger partial charge is 0.339 e. The number of carboxylic acid groups (broad SMARTS) is 2. The van der Waals surface area contributed by atoms with Crippen LogP contribution in [-0.2, 0) is 0 Å². The Kier molecular flexibility index (Phi) is 6.40. The van der Waals surface area contributed by atoms with Crippen LogP contribution in [0.3, 0.4) is 0 Å². The fourth-order valence-corrected chi connectivity index (χ4v) is 1.70. The van der Waals surface area contributed by atoms with Gasteiger partial charge in [-0.1, -0.05) is 13.8 Å². The lowest BCUT2D eigenvalue weighted by molar-refractivity contribution is 0.0673. The van der Waals surface area contributed by atoms with Gasteiger partial charge in [0.1, 0.15) is 23.7 Å². The van der Waals surface area contributed by atoms with Crippen LogP contribution in [0.1, 0.15) is 52.8 Å². The van der Waals surface area contributed by atoms with Crippen LogP contribution in [0.2, 0.25) is 0 Å². The lowest BCUT2D eigenvalue weighted by Crippen LogP contribution is -2.06. The van der Waals surface area contributed by atoms with Gasteiger partial charge >= 0.3 is 11.9 Å². The van der Waals surface area contributed by atoms with Crippen LogP contribution in [0, 0.1) is 5.92 Å². The number of furan rings is 2. The Morgan fingerprint density at radius 2 is 1.82 bits per heavy atom. The van der Waals surface area contributed by atoms with Crippen molar-refractivity contribution < 1.29 is 33.7 Å². The molecule has 3 N–H and O–H groups in total. The van der Waals surface area contributed by atoms with Gasteiger partial charge in [0.2, 0.25) is 0 Å². The second kappa shape index (κ2) is 8.04. The summed E-state index contributed by atoms with van der Waals surface area (Å²) in [6.07, 6.45) is 3.44. The Bertz CT molecular complexity index is 595. The summed E-state index contributed by atoms with van der Waals surface area (Å²) in [7, 11) is 0. The summed E-state index contributed by atoms with van der Waals surface area (Å²) in [5, 5.41) is 26.6. The lowest BCUT2D eigenvalue weighted by Gasteiger charge is -2.10. The van der Waals surface area contributed by atoms with Crippen LogP contribution in [0.15, 0.2) is 39.8 Å². The molecule has 2 rings (SSSR count). The van der Waals surface area contributed by atoms with Crippen LogP contribution in [0.4, 0.5) is 0 Å². The summed E-state index contributed by atoms with van der Waals surface area (Å²) in [5.41, 5.74) is 0.225. The highest BCUT2D eigenvalue weighted by atomic mass is 16.4. The third-order valence-corrected chi connectivity index (χ3v) is 2.69. The molecule has 0 saturated heterocycles. The van der Waals surface area contributed by atoms with E-state index in [1.807, 2.05) is 13.8 Å². The molecule has 7 heteroatoms. The molecule has 0 amide bonds. The van der Waals surface area contributed by atoms with Crippen LogP contribution >= 0.6 is 0 Å². The van der Waals surface area contributed by atoms with Gasteiger partial charge in [0.05, 0.1) is 18.1 Å². The molecule has 0 fully saturated rings. The quantitative estimate of drug-likeness (QED) is 0.776. The van der Waals surface area contributed by atoms with E-state index in [1.165, 1.54) is 30.9 Å². The van der Waals surface area contributed by atoms with Crippen molar-refractivity contribution >= 4 is 11.9 Å². The molecule has 22 heavy (non-hydrogen) atoms. The van der Waals surface area contributed by atoms with E-state index in [1.54, 1.807) is 0 Å². The van der Waals surface area contributed by atoms with Gasteiger partial charge in [-0.05, 0) is 24.5 Å². The van der Waals surface area contributed by atoms with Gasteiger partial charge in [0.25, 0.3) is 0 Å². The molecule has 120 valence electrons. The molecule has 2 aromatic rings. The van der Waals surface area contributed by atoms with Crippen molar-refractivity contribution in [3.8, 4) is 0 Å². The van der Waals surface area contributed by atoms with E-state index in [-0.39, 0.29) is 22.8 Å². The number of carboxylic acids is 2. The van der Waals surface area contributed by atoms with Gasteiger partial charge in [-0.15, -0.1) is 0 Å². The summed E-state index contributed by atoms with van der Waals surface area (Å²) < 4.78 is 9.45. The van der Waals surface area contributed by atoms with Gasteiger partial charge in [0.15, 0.2) is 0 Å². The van der Waals surface area contributed by atoms with E-state index >= 15 is 0 Å². The Balaban J connectivity index is 0.000000255. The number of carbonyl (C=O) groups is 2. The van der Waals surface area contributed by atoms with Gasteiger partial charge in [-0.2, -0.15) is 0 Å². The molecule has 0 aliphatic heterocycles. The molecule has 0 spiro atoms. The van der Waals surface area contributed by atoms with Crippen molar-refractivity contribution in [2.45, 2.75) is 26.4 Å². The first-order valence-electron chi connectivity index (χ1n) is 6.57. The van der Waals surface area contributed by atoms with E-state index in [0.29, 0.717) is 6.42 Å². The predicted molar refractivity (Wildman–Crippen MR) is 75.7 cm³/mol. The predicted octanol–water partition coefficient (Wildman–Crippen LogP) is 3.04. The van der Waals surface area contributed by atoms with Crippen molar-refractivity contribution in [3.05, 3.63) is 47.8 Å². The normalized spacial score (nSPS) is 11.6. The fourth-order valence-electron chi connectivity index (χ4n) is 1.70. The monoisotopic (exact) mass is 310 g/mol. The number of hydrogen-bond donors (Lipinski definition) is 3. The minimum absolute atomic E-state index is 0.0400. The van der Waals surface area contributed by atoms with E-state index in [2.05, 4.69) is 4.42 Å². The van der Waals surface area contributed by atoms with Crippen molar-refractivity contribution in [2.24, 2.45) is 5.92 Å². The zero-order valence-corrected chi connectivity index (χ0v) is 12.2. The van der Waals surface area contributed by atoms with E-state index in [9.17, 15) is 14.7 Å². The van der Waals surface area contributed by atoms with Gasteiger partial charge in [0, 0.05) is 0 Å². The average Bonchev–Trinajstić information content (AvgIpc) is 3.10. The molecule has 2 aromatic heterocycles. The maximum Gasteiger partial charge on any atom is 0.339 e. The molecular weight excluding hydrogens is 292 g/mol. The summed E-state index contributed by atoms with van der Waals surface area (Å²) in [4.78, 5) is 20.7. The molecular formula is C15H18O7. The molecule has 7 nitrogen and oxygen atoms in total. The molecule has 0 saturated carbocycles. The number of aliphatic hydroxyl groups excluding tert-OH is 1. The number of hydrogen-bond acceptors (Lipinski definition) is 5. The first-order chi connectivity index (χ1) is 10.3. The minimum atomic E-state index is -1.07. The van der Waals surface area contributed by atoms with Crippen molar-refractivity contribution in [1.29, 1.82) is 0 Å². The molecule has 0 aromatic carbocycles. The second-order valence-electron chi connectivity index (χ2n) is 4.97. The first-order valence-corrected chi connectivity index (χ1v) is 6.57. The molecule has 1 unspecified atom stereocenters. The standard InChI is InChI=1S/C10H14O4.C5H4O3/c1-6(2)5-8(11)9-7(10(12)13)3-4-14-9;6-5(7)4-1-2-8-3-4/h3-4,6,8,11H,5H2,1-2H3,(H,12,13);1-3H,(H,6,7). The van der Waals surface area contributed by atoms with Crippen LogP contribution in [0.5, 0.6) is 0 Å². The summed E-state index contributed by atoms with van der Waals surface area (Å²) >= 11 is 0. The molecule has 0 radical (unpaired) electrons. The Morgan fingerprint density at radius 1 is 1.14 bits per heavy atom. The third-order valence-electron chi connectivity index (χ3n) is 2.69. The molecule has 0 bridgehead atoms. The number of aliphatic hydroxyl groups is 1. The Hall–Kier alpha value is -2.54. The van der Waals surface area contributed by atoms with E-state index < -0.39 is 18.0 Å². The summed E-state index contributed by atoms with van der Waals surface area (Å²) in [6.45, 7) is 3.90. The fraction of sp³-hybridized carbons (Fsp3) is 0.333. The molecule has 1 atom stereocenters. The maximum atomic E-state index is 10.7. The van der Waals surface area contributed by atoms with Crippen molar-refractivity contribution in [1.82, 2.24) is 0 Å². The Labute approximate surface area is 126 Å². The van der Waals surface area contributed by atoms with Crippen molar-refractivity contribution in [3.63, 3.8) is 0 Å². The SMILES string of the molecule is CC(C)CC(O)c1occc1C(=O)O.O=C(O)c1ccoc1. The summed E-state index contributed by atoms with van der Waals surface area (Å²) in [5.74, 6) is -1.60. The van der Waals surface area contributed by atoms with E-state index in [0.717, 1.165) is 0 Å².